The van der Waals surface area contributed by atoms with E-state index in [2.05, 4.69) is 38.5 Å². The van der Waals surface area contributed by atoms with Crippen LogP contribution in [0.4, 0.5) is 0 Å². The smallest absolute Gasteiger partial charge is 0.185 e. The lowest BCUT2D eigenvalue weighted by atomic mass is 10.1. The molecular formula is C15H10BrIO. The molecule has 0 heterocycles. The molecule has 0 radical (unpaired) electrons. The number of halogens is 2. The van der Waals surface area contributed by atoms with Crippen molar-refractivity contribution in [2.24, 2.45) is 0 Å². The van der Waals surface area contributed by atoms with Crippen molar-refractivity contribution in [2.75, 3.05) is 0 Å². The summed E-state index contributed by atoms with van der Waals surface area (Å²) in [5.41, 5.74) is 1.73. The molecule has 0 spiro atoms. The van der Waals surface area contributed by atoms with E-state index in [1.807, 2.05) is 54.6 Å². The van der Waals surface area contributed by atoms with Gasteiger partial charge < -0.3 is 0 Å². The second-order valence-electron chi connectivity index (χ2n) is 3.76. The minimum absolute atomic E-state index is 0.0245. The molecule has 0 bridgehead atoms. The number of allylic oxidation sites excluding steroid dienone is 1. The van der Waals surface area contributed by atoms with Gasteiger partial charge in [0.2, 0.25) is 0 Å². The van der Waals surface area contributed by atoms with Gasteiger partial charge in [-0.3, -0.25) is 4.79 Å². The Morgan fingerprint density at radius 3 is 2.50 bits per heavy atom. The predicted octanol–water partition coefficient (Wildman–Crippen LogP) is 4.95. The number of hydrogen-bond acceptors (Lipinski definition) is 1. The average Bonchev–Trinajstić information content (AvgIpc) is 2.38. The highest BCUT2D eigenvalue weighted by molar-refractivity contribution is 14.1. The largest absolute Gasteiger partial charge is 0.289 e. The van der Waals surface area contributed by atoms with Crippen LogP contribution < -0.4 is 0 Å². The monoisotopic (exact) mass is 412 g/mol. The minimum atomic E-state index is 0.0245. The number of carbonyl (C=O) groups is 1. The zero-order valence-electron chi connectivity index (χ0n) is 9.44. The van der Waals surface area contributed by atoms with E-state index in [1.54, 1.807) is 6.08 Å². The van der Waals surface area contributed by atoms with Gasteiger partial charge in [0.15, 0.2) is 5.78 Å². The standard InChI is InChI=1S/C15H10BrIO/c16-13-7-4-11(5-8-13)6-9-15(18)12-2-1-3-14(17)10-12/h1-10H. The quantitative estimate of drug-likeness (QED) is 0.396. The summed E-state index contributed by atoms with van der Waals surface area (Å²) in [5, 5.41) is 0. The van der Waals surface area contributed by atoms with Gasteiger partial charge in [-0.15, -0.1) is 0 Å². The summed E-state index contributed by atoms with van der Waals surface area (Å²) < 4.78 is 2.10. The maximum absolute atomic E-state index is 11.9. The van der Waals surface area contributed by atoms with Crippen molar-refractivity contribution in [3.05, 3.63) is 73.8 Å². The van der Waals surface area contributed by atoms with Crippen molar-refractivity contribution in [3.8, 4) is 0 Å². The summed E-state index contributed by atoms with van der Waals surface area (Å²) in [7, 11) is 0. The molecule has 2 aromatic carbocycles. The molecule has 0 aliphatic carbocycles. The van der Waals surface area contributed by atoms with E-state index >= 15 is 0 Å². The highest BCUT2D eigenvalue weighted by Crippen LogP contribution is 2.13. The Morgan fingerprint density at radius 1 is 1.11 bits per heavy atom. The highest BCUT2D eigenvalue weighted by Gasteiger charge is 2.01. The normalized spacial score (nSPS) is 10.8. The van der Waals surface area contributed by atoms with Gasteiger partial charge in [0.1, 0.15) is 0 Å². The van der Waals surface area contributed by atoms with E-state index in [1.165, 1.54) is 0 Å². The Balaban J connectivity index is 2.14. The predicted molar refractivity (Wildman–Crippen MR) is 86.7 cm³/mol. The molecule has 0 unspecified atom stereocenters. The zero-order chi connectivity index (χ0) is 13.0. The average molecular weight is 413 g/mol. The molecule has 0 N–H and O–H groups in total. The molecule has 18 heavy (non-hydrogen) atoms. The number of rotatable bonds is 3. The lowest BCUT2D eigenvalue weighted by molar-refractivity contribution is 0.104. The van der Waals surface area contributed by atoms with Crippen LogP contribution in [0.1, 0.15) is 15.9 Å². The molecule has 3 heteroatoms. The summed E-state index contributed by atoms with van der Waals surface area (Å²) in [4.78, 5) is 11.9. The van der Waals surface area contributed by atoms with E-state index in [0.29, 0.717) is 0 Å². The van der Waals surface area contributed by atoms with Crippen molar-refractivity contribution in [2.45, 2.75) is 0 Å². The zero-order valence-corrected chi connectivity index (χ0v) is 13.2. The van der Waals surface area contributed by atoms with Crippen LogP contribution in [-0.4, -0.2) is 5.78 Å². The first kappa shape index (κ1) is 13.5. The summed E-state index contributed by atoms with van der Waals surface area (Å²) in [5.74, 6) is 0.0245. The van der Waals surface area contributed by atoms with Crippen molar-refractivity contribution in [3.63, 3.8) is 0 Å². The Labute approximate surface area is 128 Å². The second kappa shape index (κ2) is 6.29. The third-order valence-electron chi connectivity index (χ3n) is 2.41. The van der Waals surface area contributed by atoms with Gasteiger partial charge in [-0.25, -0.2) is 0 Å². The molecule has 0 amide bonds. The van der Waals surface area contributed by atoms with Crippen molar-refractivity contribution in [1.82, 2.24) is 0 Å². The van der Waals surface area contributed by atoms with Gasteiger partial charge in [0.25, 0.3) is 0 Å². The first-order chi connectivity index (χ1) is 8.65. The number of benzene rings is 2. The van der Waals surface area contributed by atoms with Crippen LogP contribution in [0.15, 0.2) is 59.1 Å². The van der Waals surface area contributed by atoms with Gasteiger partial charge in [0.05, 0.1) is 0 Å². The molecule has 0 aliphatic rings. The summed E-state index contributed by atoms with van der Waals surface area (Å²) in [6.07, 6.45) is 3.43. The topological polar surface area (TPSA) is 17.1 Å². The molecule has 0 aliphatic heterocycles. The van der Waals surface area contributed by atoms with E-state index in [9.17, 15) is 4.79 Å². The van der Waals surface area contributed by atoms with Crippen LogP contribution in [0.25, 0.3) is 6.08 Å². The van der Waals surface area contributed by atoms with Crippen molar-refractivity contribution in [1.29, 1.82) is 0 Å². The molecule has 0 saturated heterocycles. The van der Waals surface area contributed by atoms with Crippen LogP contribution in [0.3, 0.4) is 0 Å². The number of ketones is 1. The summed E-state index contributed by atoms with van der Waals surface area (Å²) >= 11 is 5.58. The molecule has 0 fully saturated rings. The van der Waals surface area contributed by atoms with Crippen molar-refractivity contribution >= 4 is 50.4 Å². The molecule has 2 rings (SSSR count). The molecular weight excluding hydrogens is 403 g/mol. The summed E-state index contributed by atoms with van der Waals surface area (Å²) in [6, 6.07) is 15.4. The van der Waals surface area contributed by atoms with Gasteiger partial charge in [-0.1, -0.05) is 46.3 Å². The van der Waals surface area contributed by atoms with Crippen LogP contribution in [-0.2, 0) is 0 Å². The number of hydrogen-bond donors (Lipinski definition) is 0. The molecule has 0 saturated carbocycles. The first-order valence-corrected chi connectivity index (χ1v) is 7.26. The van der Waals surface area contributed by atoms with E-state index in [4.69, 9.17) is 0 Å². The van der Waals surface area contributed by atoms with Gasteiger partial charge in [-0.05, 0) is 58.5 Å². The Kier molecular flexibility index (Phi) is 4.72. The first-order valence-electron chi connectivity index (χ1n) is 5.39. The van der Waals surface area contributed by atoms with E-state index < -0.39 is 0 Å². The van der Waals surface area contributed by atoms with Crippen LogP contribution in [0.2, 0.25) is 0 Å². The van der Waals surface area contributed by atoms with E-state index in [-0.39, 0.29) is 5.78 Å². The molecule has 0 atom stereocenters. The maximum Gasteiger partial charge on any atom is 0.185 e. The van der Waals surface area contributed by atoms with Crippen LogP contribution in [0.5, 0.6) is 0 Å². The number of carbonyl (C=O) groups excluding carboxylic acids is 1. The van der Waals surface area contributed by atoms with Gasteiger partial charge >= 0.3 is 0 Å². The second-order valence-corrected chi connectivity index (χ2v) is 5.92. The Bertz CT molecular complexity index is 588. The van der Waals surface area contributed by atoms with Crippen molar-refractivity contribution < 1.29 is 4.79 Å². The maximum atomic E-state index is 11.9. The summed E-state index contributed by atoms with van der Waals surface area (Å²) in [6.45, 7) is 0. The van der Waals surface area contributed by atoms with Gasteiger partial charge in [-0.2, -0.15) is 0 Å². The lowest BCUT2D eigenvalue weighted by Gasteiger charge is -1.97. The molecule has 2 aromatic rings. The molecule has 0 aromatic heterocycles. The SMILES string of the molecule is O=C(C=Cc1ccc(Br)cc1)c1cccc(I)c1. The third-order valence-corrected chi connectivity index (χ3v) is 3.61. The fourth-order valence-corrected chi connectivity index (χ4v) is 2.29. The van der Waals surface area contributed by atoms with E-state index in [0.717, 1.165) is 19.2 Å². The molecule has 1 nitrogen and oxygen atoms in total. The fraction of sp³-hybridized carbons (Fsp3) is 0. The Hall–Kier alpha value is -0.940. The minimum Gasteiger partial charge on any atom is -0.289 e. The third kappa shape index (κ3) is 3.78. The van der Waals surface area contributed by atoms with Crippen LogP contribution >= 0.6 is 38.5 Å². The lowest BCUT2D eigenvalue weighted by Crippen LogP contribution is -1.94. The highest BCUT2D eigenvalue weighted by atomic mass is 127. The van der Waals surface area contributed by atoms with Crippen LogP contribution in [0, 0.1) is 3.57 Å². The fourth-order valence-electron chi connectivity index (χ4n) is 1.48. The van der Waals surface area contributed by atoms with Gasteiger partial charge in [0, 0.05) is 13.6 Å². The molecule has 90 valence electrons. The Morgan fingerprint density at radius 2 is 1.83 bits per heavy atom.